The molecule has 2 rings (SSSR count). The maximum Gasteiger partial charge on any atom is 0.267 e. The number of pyridine rings is 1. The fourth-order valence-electron chi connectivity index (χ4n) is 2.07. The Labute approximate surface area is 142 Å². The van der Waals surface area contributed by atoms with Crippen molar-refractivity contribution in [1.29, 1.82) is 0 Å². The predicted octanol–water partition coefficient (Wildman–Crippen LogP) is 1.73. The molecule has 1 amide bonds. The van der Waals surface area contributed by atoms with E-state index in [4.69, 9.17) is 11.5 Å². The van der Waals surface area contributed by atoms with E-state index in [2.05, 4.69) is 16.0 Å². The van der Waals surface area contributed by atoms with E-state index in [0.717, 1.165) is 23.1 Å². The summed E-state index contributed by atoms with van der Waals surface area (Å²) in [6.07, 6.45) is 5.89. The molecule has 7 N–H and O–H groups in total. The number of nitrogen functional groups attached to an aromatic ring is 1. The van der Waals surface area contributed by atoms with Gasteiger partial charge in [0.15, 0.2) is 0 Å². The second-order valence-electron chi connectivity index (χ2n) is 4.90. The third-order valence-corrected chi connectivity index (χ3v) is 3.24. The number of carbonyl (C=O) groups excluding carboxylic acids is 1. The van der Waals surface area contributed by atoms with Crippen molar-refractivity contribution in [3.63, 3.8) is 0 Å². The molecule has 1 aromatic heterocycles. The molecule has 24 heavy (non-hydrogen) atoms. The van der Waals surface area contributed by atoms with Crippen molar-refractivity contribution in [3.8, 4) is 11.1 Å². The SMILES string of the molecule is CCCNC(=O)/C(N)=C/c1cccc(-c2ccncc2)c1N.CN. The standard InChI is InChI=1S/C17H20N4O.CH5N/c1-2-8-21-17(22)15(18)11-13-4-3-5-14(16(13)19)12-6-9-20-10-7-12;1-2/h3-7,9-11H,2,8,18-19H2,1H3,(H,21,22);2H2,1H3/b15-11-;. The monoisotopic (exact) mass is 327 g/mol. The van der Waals surface area contributed by atoms with Crippen molar-refractivity contribution < 1.29 is 4.79 Å². The van der Waals surface area contributed by atoms with Gasteiger partial charge in [0, 0.05) is 35.8 Å². The van der Waals surface area contributed by atoms with E-state index in [1.54, 1.807) is 18.5 Å². The number of hydrogen-bond donors (Lipinski definition) is 4. The molecule has 0 aliphatic rings. The molecule has 0 aliphatic heterocycles. The minimum atomic E-state index is -0.282. The molecule has 0 saturated heterocycles. The Morgan fingerprint density at radius 2 is 1.88 bits per heavy atom. The summed E-state index contributed by atoms with van der Waals surface area (Å²) in [6, 6.07) is 9.41. The van der Waals surface area contributed by atoms with Crippen LogP contribution >= 0.6 is 0 Å². The first-order chi connectivity index (χ1) is 11.6. The van der Waals surface area contributed by atoms with Crippen LogP contribution in [-0.4, -0.2) is 24.5 Å². The fraction of sp³-hybridized carbons (Fsp3) is 0.222. The van der Waals surface area contributed by atoms with Crippen molar-refractivity contribution in [1.82, 2.24) is 10.3 Å². The van der Waals surface area contributed by atoms with Crippen molar-refractivity contribution in [3.05, 3.63) is 54.0 Å². The number of hydrogen-bond acceptors (Lipinski definition) is 5. The Kier molecular flexibility index (Phi) is 8.01. The van der Waals surface area contributed by atoms with Crippen LogP contribution in [0.5, 0.6) is 0 Å². The Bertz CT molecular complexity index is 683. The number of nitrogens with zero attached hydrogens (tertiary/aromatic N) is 1. The first-order valence-corrected chi connectivity index (χ1v) is 7.75. The molecule has 6 heteroatoms. The van der Waals surface area contributed by atoms with E-state index < -0.39 is 0 Å². The quantitative estimate of drug-likeness (QED) is 0.492. The molecule has 0 fully saturated rings. The first-order valence-electron chi connectivity index (χ1n) is 7.75. The Morgan fingerprint density at radius 3 is 2.50 bits per heavy atom. The second-order valence-corrected chi connectivity index (χ2v) is 4.90. The first kappa shape index (κ1) is 19.2. The van der Waals surface area contributed by atoms with Gasteiger partial charge in [-0.1, -0.05) is 25.1 Å². The lowest BCUT2D eigenvalue weighted by atomic mass is 10.0. The molecular weight excluding hydrogens is 302 g/mol. The third-order valence-electron chi connectivity index (χ3n) is 3.24. The average Bonchev–Trinajstić information content (AvgIpc) is 2.63. The summed E-state index contributed by atoms with van der Waals surface area (Å²) >= 11 is 0. The molecule has 0 saturated carbocycles. The van der Waals surface area contributed by atoms with Gasteiger partial charge in [0.2, 0.25) is 0 Å². The number of nitrogens with two attached hydrogens (primary N) is 3. The van der Waals surface area contributed by atoms with Crippen LogP contribution in [0.15, 0.2) is 48.4 Å². The van der Waals surface area contributed by atoms with Gasteiger partial charge in [0.25, 0.3) is 5.91 Å². The van der Waals surface area contributed by atoms with Crippen LogP contribution in [0.2, 0.25) is 0 Å². The van der Waals surface area contributed by atoms with Gasteiger partial charge in [-0.3, -0.25) is 9.78 Å². The number of anilines is 1. The van der Waals surface area contributed by atoms with Crippen molar-refractivity contribution in [2.24, 2.45) is 11.5 Å². The molecule has 128 valence electrons. The largest absolute Gasteiger partial charge is 0.398 e. The minimum Gasteiger partial charge on any atom is -0.398 e. The maximum absolute atomic E-state index is 11.8. The van der Waals surface area contributed by atoms with Gasteiger partial charge in [-0.25, -0.2) is 0 Å². The van der Waals surface area contributed by atoms with Gasteiger partial charge in [0.1, 0.15) is 0 Å². The zero-order chi connectivity index (χ0) is 17.9. The lowest BCUT2D eigenvalue weighted by molar-refractivity contribution is -0.117. The zero-order valence-corrected chi connectivity index (χ0v) is 14.1. The molecule has 1 heterocycles. The number of amides is 1. The molecule has 0 unspecified atom stereocenters. The lowest BCUT2D eigenvalue weighted by Gasteiger charge is -2.10. The van der Waals surface area contributed by atoms with Gasteiger partial charge < -0.3 is 22.5 Å². The van der Waals surface area contributed by atoms with Gasteiger partial charge >= 0.3 is 0 Å². The van der Waals surface area contributed by atoms with E-state index in [-0.39, 0.29) is 11.6 Å². The average molecular weight is 327 g/mol. The number of aromatic nitrogens is 1. The maximum atomic E-state index is 11.8. The van der Waals surface area contributed by atoms with E-state index in [0.29, 0.717) is 12.2 Å². The Hall–Kier alpha value is -2.86. The van der Waals surface area contributed by atoms with Crippen LogP contribution in [0.4, 0.5) is 5.69 Å². The third kappa shape index (κ3) is 5.10. The normalized spacial score (nSPS) is 10.5. The van der Waals surface area contributed by atoms with Gasteiger partial charge in [-0.2, -0.15) is 0 Å². The van der Waals surface area contributed by atoms with Crippen LogP contribution in [0.25, 0.3) is 17.2 Å². The molecule has 1 aromatic carbocycles. The number of benzene rings is 1. The zero-order valence-electron chi connectivity index (χ0n) is 14.1. The molecule has 0 radical (unpaired) electrons. The molecule has 2 aromatic rings. The summed E-state index contributed by atoms with van der Waals surface area (Å²) in [6.45, 7) is 2.58. The van der Waals surface area contributed by atoms with Gasteiger partial charge in [0.05, 0.1) is 5.70 Å². The molecule has 0 aliphatic carbocycles. The molecule has 6 nitrogen and oxygen atoms in total. The summed E-state index contributed by atoms with van der Waals surface area (Å²) in [5, 5.41) is 2.74. The minimum absolute atomic E-state index is 0.145. The predicted molar refractivity (Wildman–Crippen MR) is 99.7 cm³/mol. The highest BCUT2D eigenvalue weighted by Crippen LogP contribution is 2.29. The van der Waals surface area contributed by atoms with Gasteiger partial charge in [-0.05, 0) is 37.2 Å². The highest BCUT2D eigenvalue weighted by Gasteiger charge is 2.08. The molecular formula is C18H25N5O. The van der Waals surface area contributed by atoms with Crippen LogP contribution in [0.1, 0.15) is 18.9 Å². The van der Waals surface area contributed by atoms with E-state index >= 15 is 0 Å². The number of carbonyl (C=O) groups is 1. The van der Waals surface area contributed by atoms with Crippen LogP contribution in [-0.2, 0) is 4.79 Å². The van der Waals surface area contributed by atoms with Crippen molar-refractivity contribution in [2.45, 2.75) is 13.3 Å². The second kappa shape index (κ2) is 10.0. The smallest absolute Gasteiger partial charge is 0.267 e. The number of para-hydroxylation sites is 1. The number of rotatable bonds is 5. The molecule has 0 bridgehead atoms. The number of nitrogens with one attached hydrogen (secondary N) is 1. The summed E-state index contributed by atoms with van der Waals surface area (Å²) in [4.78, 5) is 15.8. The summed E-state index contributed by atoms with van der Waals surface area (Å²) in [7, 11) is 1.50. The Morgan fingerprint density at radius 1 is 1.21 bits per heavy atom. The molecule has 0 atom stereocenters. The highest BCUT2D eigenvalue weighted by molar-refractivity contribution is 5.98. The van der Waals surface area contributed by atoms with E-state index in [9.17, 15) is 4.79 Å². The Balaban J connectivity index is 0.00000139. The highest BCUT2D eigenvalue weighted by atomic mass is 16.1. The van der Waals surface area contributed by atoms with Crippen molar-refractivity contribution in [2.75, 3.05) is 19.3 Å². The topological polar surface area (TPSA) is 120 Å². The molecule has 0 spiro atoms. The summed E-state index contributed by atoms with van der Waals surface area (Å²) in [5.41, 5.74) is 19.8. The summed E-state index contributed by atoms with van der Waals surface area (Å²) in [5.74, 6) is -0.282. The lowest BCUT2D eigenvalue weighted by Crippen LogP contribution is -2.29. The van der Waals surface area contributed by atoms with E-state index in [1.807, 2.05) is 37.3 Å². The summed E-state index contributed by atoms with van der Waals surface area (Å²) < 4.78 is 0. The fourth-order valence-corrected chi connectivity index (χ4v) is 2.07. The van der Waals surface area contributed by atoms with Gasteiger partial charge in [-0.15, -0.1) is 0 Å². The van der Waals surface area contributed by atoms with Crippen molar-refractivity contribution >= 4 is 17.7 Å². The van der Waals surface area contributed by atoms with Crippen LogP contribution in [0, 0.1) is 0 Å². The van der Waals surface area contributed by atoms with Crippen LogP contribution in [0.3, 0.4) is 0 Å². The van der Waals surface area contributed by atoms with Crippen LogP contribution < -0.4 is 22.5 Å². The van der Waals surface area contributed by atoms with E-state index in [1.165, 1.54) is 7.05 Å².